The largest absolute Gasteiger partial charge is 0.453 e. The minimum atomic E-state index is -0.645. The van der Waals surface area contributed by atoms with E-state index in [9.17, 15) is 10.1 Å². The number of nitrogens with zero attached hydrogens (tertiary/aromatic N) is 7. The lowest BCUT2D eigenvalue weighted by molar-refractivity contribution is -0.394. The summed E-state index contributed by atoms with van der Waals surface area (Å²) in [7, 11) is 0. The van der Waals surface area contributed by atoms with Crippen LogP contribution in [0.5, 0.6) is 0 Å². The van der Waals surface area contributed by atoms with Gasteiger partial charge in [0.05, 0.1) is 0 Å². The Balaban J connectivity index is 1.88. The smallest absolute Gasteiger partial charge is 0.390 e. The zero-order chi connectivity index (χ0) is 13.9. The van der Waals surface area contributed by atoms with Gasteiger partial charge in [-0.2, -0.15) is 0 Å². The number of hydrogen-bond acceptors (Lipinski definition) is 7. The van der Waals surface area contributed by atoms with E-state index < -0.39 is 10.9 Å². The standard InChI is InChI=1S/C10H8N8O2/c19-18(20)10-11-8(12-14-10)6-17-9(13-15-16-17)7-4-2-1-3-5-7/h1-5H,6H2,(H,11,12,14). The molecule has 2 heterocycles. The average molecular weight is 272 g/mol. The Kier molecular flexibility index (Phi) is 2.88. The van der Waals surface area contributed by atoms with Crippen molar-refractivity contribution < 1.29 is 4.92 Å². The molecule has 2 aromatic heterocycles. The summed E-state index contributed by atoms with van der Waals surface area (Å²) in [6.45, 7) is 0.140. The van der Waals surface area contributed by atoms with E-state index >= 15 is 0 Å². The Bertz CT molecular complexity index is 735. The molecular formula is C10H8N8O2. The van der Waals surface area contributed by atoms with Crippen LogP contribution in [0.3, 0.4) is 0 Å². The lowest BCUT2D eigenvalue weighted by Crippen LogP contribution is -2.06. The van der Waals surface area contributed by atoms with Gasteiger partial charge in [-0.25, -0.2) is 4.68 Å². The van der Waals surface area contributed by atoms with Gasteiger partial charge in [-0.15, -0.1) is 10.2 Å². The predicted octanol–water partition coefficient (Wildman–Crippen LogP) is 0.415. The topological polar surface area (TPSA) is 128 Å². The first-order valence-electron chi connectivity index (χ1n) is 5.61. The number of nitro groups is 1. The van der Waals surface area contributed by atoms with E-state index in [-0.39, 0.29) is 12.4 Å². The van der Waals surface area contributed by atoms with Gasteiger partial charge in [-0.1, -0.05) is 35.4 Å². The van der Waals surface area contributed by atoms with Gasteiger partial charge in [-0.05, 0) is 20.3 Å². The SMILES string of the molecule is O=[N+]([O-])c1nc(Cn2nnnc2-c2ccccc2)n[nH]1. The van der Waals surface area contributed by atoms with Crippen molar-refractivity contribution in [2.75, 3.05) is 0 Å². The maximum absolute atomic E-state index is 10.5. The molecule has 0 aliphatic heterocycles. The Morgan fingerprint density at radius 2 is 2.10 bits per heavy atom. The third-order valence-corrected chi connectivity index (χ3v) is 2.55. The third kappa shape index (κ3) is 2.21. The van der Waals surface area contributed by atoms with Gasteiger partial charge < -0.3 is 10.1 Å². The molecule has 0 saturated heterocycles. The monoisotopic (exact) mass is 272 g/mol. The van der Waals surface area contributed by atoms with Gasteiger partial charge in [0.25, 0.3) is 5.82 Å². The fourth-order valence-electron chi connectivity index (χ4n) is 1.68. The Morgan fingerprint density at radius 1 is 1.30 bits per heavy atom. The number of rotatable bonds is 4. The van der Waals surface area contributed by atoms with E-state index in [1.54, 1.807) is 0 Å². The van der Waals surface area contributed by atoms with Gasteiger partial charge >= 0.3 is 5.95 Å². The summed E-state index contributed by atoms with van der Waals surface area (Å²) in [5, 5.41) is 27.9. The minimum absolute atomic E-state index is 0.140. The Morgan fingerprint density at radius 3 is 2.80 bits per heavy atom. The normalized spacial score (nSPS) is 10.6. The van der Waals surface area contributed by atoms with Crippen LogP contribution in [0.15, 0.2) is 30.3 Å². The fourth-order valence-corrected chi connectivity index (χ4v) is 1.68. The van der Waals surface area contributed by atoms with Crippen molar-refractivity contribution in [1.82, 2.24) is 35.4 Å². The van der Waals surface area contributed by atoms with Gasteiger partial charge in [0, 0.05) is 5.56 Å². The van der Waals surface area contributed by atoms with Crippen LogP contribution in [0.4, 0.5) is 5.95 Å². The van der Waals surface area contributed by atoms with E-state index in [1.165, 1.54) is 4.68 Å². The van der Waals surface area contributed by atoms with Gasteiger partial charge in [0.1, 0.15) is 6.54 Å². The number of hydrogen-bond donors (Lipinski definition) is 1. The van der Waals surface area contributed by atoms with Crippen molar-refractivity contribution in [2.24, 2.45) is 0 Å². The second-order valence-electron chi connectivity index (χ2n) is 3.86. The molecule has 0 saturated carbocycles. The first-order valence-corrected chi connectivity index (χ1v) is 5.61. The third-order valence-electron chi connectivity index (χ3n) is 2.55. The lowest BCUT2D eigenvalue weighted by Gasteiger charge is -2.00. The Labute approximate surface area is 111 Å². The maximum Gasteiger partial charge on any atom is 0.453 e. The molecule has 20 heavy (non-hydrogen) atoms. The molecule has 0 atom stereocenters. The summed E-state index contributed by atoms with van der Waals surface area (Å²) in [6, 6.07) is 9.35. The van der Waals surface area contributed by atoms with E-state index in [0.29, 0.717) is 5.82 Å². The van der Waals surface area contributed by atoms with Gasteiger partial charge in [0.2, 0.25) is 0 Å². The summed E-state index contributed by atoms with van der Waals surface area (Å²) in [6.07, 6.45) is 0. The van der Waals surface area contributed by atoms with Gasteiger partial charge in [-0.3, -0.25) is 0 Å². The molecule has 0 unspecified atom stereocenters. The number of nitrogens with one attached hydrogen (secondary N) is 1. The molecule has 0 spiro atoms. The van der Waals surface area contributed by atoms with E-state index in [1.807, 2.05) is 30.3 Å². The van der Waals surface area contributed by atoms with Crippen molar-refractivity contribution in [3.63, 3.8) is 0 Å². The summed E-state index contributed by atoms with van der Waals surface area (Å²) >= 11 is 0. The molecule has 10 nitrogen and oxygen atoms in total. The van der Waals surface area contributed by atoms with Crippen LogP contribution >= 0.6 is 0 Å². The zero-order valence-corrected chi connectivity index (χ0v) is 10.0. The van der Waals surface area contributed by atoms with E-state index in [0.717, 1.165) is 5.56 Å². The van der Waals surface area contributed by atoms with E-state index in [4.69, 9.17) is 0 Å². The summed E-state index contributed by atoms with van der Waals surface area (Å²) in [4.78, 5) is 13.6. The number of H-pyrrole nitrogens is 1. The van der Waals surface area contributed by atoms with Gasteiger partial charge in [0.15, 0.2) is 5.82 Å². The van der Waals surface area contributed by atoms with Crippen LogP contribution in [0.1, 0.15) is 5.82 Å². The second-order valence-corrected chi connectivity index (χ2v) is 3.86. The molecule has 10 heteroatoms. The van der Waals surface area contributed by atoms with Crippen LogP contribution in [0.25, 0.3) is 11.4 Å². The highest BCUT2D eigenvalue weighted by atomic mass is 16.6. The highest BCUT2D eigenvalue weighted by Crippen LogP contribution is 2.15. The summed E-state index contributed by atoms with van der Waals surface area (Å²) < 4.78 is 1.47. The second kappa shape index (κ2) is 4.84. The van der Waals surface area contributed by atoms with E-state index in [2.05, 4.69) is 30.7 Å². The Hall–Kier alpha value is -3.17. The summed E-state index contributed by atoms with van der Waals surface area (Å²) in [5.74, 6) is 0.369. The zero-order valence-electron chi connectivity index (χ0n) is 10.0. The van der Waals surface area contributed by atoms with Crippen LogP contribution in [0.2, 0.25) is 0 Å². The minimum Gasteiger partial charge on any atom is -0.390 e. The number of benzene rings is 1. The predicted molar refractivity (Wildman–Crippen MR) is 65.4 cm³/mol. The number of aromatic nitrogens is 7. The number of tetrazole rings is 1. The van der Waals surface area contributed by atoms with Crippen molar-refractivity contribution in [3.05, 3.63) is 46.3 Å². The molecule has 0 bridgehead atoms. The first-order chi connectivity index (χ1) is 9.74. The highest BCUT2D eigenvalue weighted by Gasteiger charge is 2.17. The molecule has 100 valence electrons. The molecule has 0 amide bonds. The molecular weight excluding hydrogens is 264 g/mol. The van der Waals surface area contributed by atoms with Crippen LogP contribution in [-0.4, -0.2) is 40.3 Å². The van der Waals surface area contributed by atoms with Crippen molar-refractivity contribution >= 4 is 5.95 Å². The molecule has 3 aromatic rings. The van der Waals surface area contributed by atoms with Crippen LogP contribution < -0.4 is 0 Å². The first kappa shape index (κ1) is 11.9. The molecule has 0 aliphatic carbocycles. The fraction of sp³-hybridized carbons (Fsp3) is 0.100. The highest BCUT2D eigenvalue weighted by molar-refractivity contribution is 5.53. The number of aromatic amines is 1. The molecule has 0 radical (unpaired) electrons. The van der Waals surface area contributed by atoms with Crippen molar-refractivity contribution in [3.8, 4) is 11.4 Å². The summed E-state index contributed by atoms with van der Waals surface area (Å²) in [5.41, 5.74) is 0.836. The quantitative estimate of drug-likeness (QED) is 0.538. The maximum atomic E-state index is 10.5. The van der Waals surface area contributed by atoms with Crippen LogP contribution in [-0.2, 0) is 6.54 Å². The van der Waals surface area contributed by atoms with Crippen LogP contribution in [0, 0.1) is 10.1 Å². The molecule has 3 rings (SSSR count). The molecule has 1 aromatic carbocycles. The molecule has 0 aliphatic rings. The van der Waals surface area contributed by atoms with Crippen molar-refractivity contribution in [2.45, 2.75) is 6.54 Å². The average Bonchev–Trinajstić information content (AvgIpc) is 3.09. The molecule has 0 fully saturated rings. The van der Waals surface area contributed by atoms with Crippen molar-refractivity contribution in [1.29, 1.82) is 0 Å². The lowest BCUT2D eigenvalue weighted by atomic mass is 10.2. The molecule has 1 N–H and O–H groups in total.